The van der Waals surface area contributed by atoms with Crippen LogP contribution in [0.2, 0.25) is 0 Å². The lowest BCUT2D eigenvalue weighted by Crippen LogP contribution is -2.32. The number of nitrogens with zero attached hydrogens (tertiary/aromatic N) is 4. The lowest BCUT2D eigenvalue weighted by molar-refractivity contribution is -0.157. The minimum absolute atomic E-state index is 0.120. The largest absolute Gasteiger partial charge is 0.458 e. The highest BCUT2D eigenvalue weighted by Gasteiger charge is 2.33. The molecule has 2 aliphatic rings. The van der Waals surface area contributed by atoms with Gasteiger partial charge in [-0.15, -0.1) is 0 Å². The second-order valence-corrected chi connectivity index (χ2v) is 6.96. The second kappa shape index (κ2) is 5.37. The van der Waals surface area contributed by atoms with Crippen LogP contribution in [-0.2, 0) is 22.7 Å². The molecule has 0 saturated heterocycles. The molecule has 1 unspecified atom stereocenters. The highest BCUT2D eigenvalue weighted by Crippen LogP contribution is 2.36. The van der Waals surface area contributed by atoms with E-state index in [1.54, 1.807) is 16.8 Å². The summed E-state index contributed by atoms with van der Waals surface area (Å²) in [4.78, 5) is 35.7. The summed E-state index contributed by atoms with van der Waals surface area (Å²) in [5, 5.41) is 11.1. The van der Waals surface area contributed by atoms with E-state index in [1.807, 2.05) is 31.1 Å². The second-order valence-electron chi connectivity index (χ2n) is 6.96. The summed E-state index contributed by atoms with van der Waals surface area (Å²) in [7, 11) is 3.83. The molecule has 27 heavy (non-hydrogen) atoms. The Morgan fingerprint density at radius 2 is 2.11 bits per heavy atom. The van der Waals surface area contributed by atoms with E-state index in [-0.39, 0.29) is 12.2 Å². The quantitative estimate of drug-likeness (QED) is 0.503. The number of hydrogen-bond donors (Lipinski definition) is 1. The number of ether oxygens (including phenoxy) is 1. The summed E-state index contributed by atoms with van der Waals surface area (Å²) < 4.78 is 6.52. The molecule has 3 aromatic rings. The predicted octanol–water partition coefficient (Wildman–Crippen LogP) is 0.976. The zero-order valence-corrected chi connectivity index (χ0v) is 14.8. The molecule has 136 valence electrons. The molecule has 1 N–H and O–H groups in total. The van der Waals surface area contributed by atoms with Crippen LogP contribution in [0.3, 0.4) is 0 Å². The van der Waals surface area contributed by atoms with Crippen molar-refractivity contribution >= 4 is 22.7 Å². The van der Waals surface area contributed by atoms with Crippen LogP contribution < -0.4 is 10.5 Å². The maximum Gasteiger partial charge on any atom is 0.340 e. The van der Waals surface area contributed by atoms with E-state index in [9.17, 15) is 14.7 Å². The van der Waals surface area contributed by atoms with Crippen molar-refractivity contribution in [3.8, 4) is 11.4 Å². The molecule has 1 atom stereocenters. The van der Waals surface area contributed by atoms with Crippen LogP contribution in [0.4, 0.5) is 5.82 Å². The Kier molecular flexibility index (Phi) is 3.17. The Morgan fingerprint density at radius 3 is 2.89 bits per heavy atom. The van der Waals surface area contributed by atoms with Crippen LogP contribution in [0.1, 0.15) is 22.8 Å². The molecule has 3 aromatic heterocycles. The number of aliphatic hydroxyl groups excluding tert-OH is 1. The van der Waals surface area contributed by atoms with Crippen molar-refractivity contribution in [3.05, 3.63) is 51.4 Å². The number of aromatic nitrogens is 3. The van der Waals surface area contributed by atoms with Gasteiger partial charge in [0.2, 0.25) is 0 Å². The first-order valence-corrected chi connectivity index (χ1v) is 8.53. The van der Waals surface area contributed by atoms with Crippen molar-refractivity contribution in [2.24, 2.45) is 0 Å². The molecular weight excluding hydrogens is 348 g/mol. The Balaban J connectivity index is 1.77. The van der Waals surface area contributed by atoms with Crippen molar-refractivity contribution < 1.29 is 14.6 Å². The average Bonchev–Trinajstić information content (AvgIpc) is 3.01. The van der Waals surface area contributed by atoms with Crippen molar-refractivity contribution in [2.45, 2.75) is 19.3 Å². The number of carbonyl (C=O) groups is 1. The topological polar surface area (TPSA) is 97.5 Å². The van der Waals surface area contributed by atoms with Crippen molar-refractivity contribution in [1.82, 2.24) is 14.5 Å². The maximum absolute atomic E-state index is 12.9. The fourth-order valence-electron chi connectivity index (χ4n) is 3.79. The van der Waals surface area contributed by atoms with Gasteiger partial charge in [0.25, 0.3) is 5.56 Å². The van der Waals surface area contributed by atoms with Gasteiger partial charge in [0.1, 0.15) is 12.4 Å². The lowest BCUT2D eigenvalue weighted by Gasteiger charge is -2.21. The Bertz CT molecular complexity index is 1200. The average molecular weight is 364 g/mol. The van der Waals surface area contributed by atoms with Gasteiger partial charge in [0.05, 0.1) is 29.0 Å². The smallest absolute Gasteiger partial charge is 0.340 e. The van der Waals surface area contributed by atoms with Crippen LogP contribution in [0.5, 0.6) is 0 Å². The van der Waals surface area contributed by atoms with Gasteiger partial charge in [0, 0.05) is 36.8 Å². The zero-order valence-electron chi connectivity index (χ0n) is 14.8. The molecule has 5 rings (SSSR count). The molecule has 2 aliphatic heterocycles. The van der Waals surface area contributed by atoms with Crippen LogP contribution in [0, 0.1) is 0 Å². The van der Waals surface area contributed by atoms with E-state index in [4.69, 9.17) is 9.72 Å². The van der Waals surface area contributed by atoms with Gasteiger partial charge in [-0.1, -0.05) is 0 Å². The minimum Gasteiger partial charge on any atom is -0.458 e. The van der Waals surface area contributed by atoms with E-state index < -0.39 is 12.1 Å². The van der Waals surface area contributed by atoms with E-state index in [1.165, 1.54) is 0 Å². The lowest BCUT2D eigenvalue weighted by atomic mass is 10.0. The van der Waals surface area contributed by atoms with Gasteiger partial charge in [-0.25, -0.2) is 14.8 Å². The first-order valence-electron chi connectivity index (χ1n) is 8.53. The number of aliphatic hydroxyl groups is 1. The van der Waals surface area contributed by atoms with E-state index in [0.717, 1.165) is 22.3 Å². The van der Waals surface area contributed by atoms with Crippen LogP contribution in [0.15, 0.2) is 29.2 Å². The molecule has 5 heterocycles. The highest BCUT2D eigenvalue weighted by molar-refractivity contribution is 5.92. The molecule has 0 aromatic carbocycles. The van der Waals surface area contributed by atoms with Gasteiger partial charge in [-0.2, -0.15) is 0 Å². The number of rotatable bonds is 1. The van der Waals surface area contributed by atoms with Crippen molar-refractivity contribution in [3.63, 3.8) is 0 Å². The number of fused-ring (bicyclic) bond motifs is 5. The van der Waals surface area contributed by atoms with E-state index in [2.05, 4.69) is 4.98 Å². The fourth-order valence-corrected chi connectivity index (χ4v) is 3.79. The molecule has 0 spiro atoms. The molecule has 8 nitrogen and oxygen atoms in total. The van der Waals surface area contributed by atoms with E-state index >= 15 is 0 Å². The minimum atomic E-state index is -1.44. The molecular formula is C19H16N4O4. The molecule has 0 fully saturated rings. The third kappa shape index (κ3) is 2.13. The van der Waals surface area contributed by atoms with Gasteiger partial charge >= 0.3 is 5.97 Å². The number of pyridine rings is 3. The monoisotopic (exact) mass is 364 g/mol. The summed E-state index contributed by atoms with van der Waals surface area (Å²) in [5.74, 6) is 0.0676. The maximum atomic E-state index is 12.9. The molecule has 0 aliphatic carbocycles. The van der Waals surface area contributed by atoms with Crippen molar-refractivity contribution in [1.29, 1.82) is 0 Å². The Hall–Kier alpha value is -3.26. The summed E-state index contributed by atoms with van der Waals surface area (Å²) in [6, 6.07) is 5.51. The molecule has 0 bridgehead atoms. The predicted molar refractivity (Wildman–Crippen MR) is 97.4 cm³/mol. The summed E-state index contributed by atoms with van der Waals surface area (Å²) in [6.07, 6.45) is 0.257. The van der Waals surface area contributed by atoms with E-state index in [0.29, 0.717) is 29.1 Å². The van der Waals surface area contributed by atoms with Crippen LogP contribution in [0.25, 0.3) is 22.3 Å². The standard InChI is InChI=1S/C19H16N4O4/c1-22(2)17-11-5-9-7-23-14(15(9)21-13(11)3-4-20-17)6-10-12(18(23)25)8-27-19(26)16(10)24/h3-6,16,24H,7-8H2,1-2H3. The number of carbonyl (C=O) groups excluding carboxylic acids is 1. The first-order chi connectivity index (χ1) is 13.0. The van der Waals surface area contributed by atoms with Crippen LogP contribution >= 0.6 is 0 Å². The normalized spacial score (nSPS) is 17.3. The number of hydrogen-bond acceptors (Lipinski definition) is 7. The Labute approximate surface area is 153 Å². The molecule has 0 saturated carbocycles. The number of cyclic esters (lactones) is 1. The van der Waals surface area contributed by atoms with Gasteiger partial charge in [0.15, 0.2) is 6.10 Å². The fraction of sp³-hybridized carbons (Fsp3) is 0.263. The molecule has 0 radical (unpaired) electrons. The summed E-state index contributed by atoms with van der Waals surface area (Å²) in [6.45, 7) is 0.260. The Morgan fingerprint density at radius 1 is 1.30 bits per heavy atom. The summed E-state index contributed by atoms with van der Waals surface area (Å²) >= 11 is 0. The molecule has 0 amide bonds. The van der Waals surface area contributed by atoms with Gasteiger partial charge < -0.3 is 19.3 Å². The SMILES string of the molecule is CN(C)c1nccc2nc3c(cc12)Cn1c-3cc2c(c1=O)COC(=O)C2O. The van der Waals surface area contributed by atoms with Gasteiger partial charge in [-0.3, -0.25) is 4.79 Å². The first kappa shape index (κ1) is 16.0. The number of esters is 1. The van der Waals surface area contributed by atoms with Crippen LogP contribution in [-0.4, -0.2) is 39.7 Å². The molecule has 8 heteroatoms. The highest BCUT2D eigenvalue weighted by atomic mass is 16.5. The van der Waals surface area contributed by atoms with Gasteiger partial charge in [-0.05, 0) is 18.2 Å². The van der Waals surface area contributed by atoms with Crippen molar-refractivity contribution in [2.75, 3.05) is 19.0 Å². The summed E-state index contributed by atoms with van der Waals surface area (Å²) in [5.41, 5.74) is 3.32. The number of anilines is 1. The zero-order chi connectivity index (χ0) is 18.9. The third-order valence-corrected chi connectivity index (χ3v) is 5.11. The third-order valence-electron chi connectivity index (χ3n) is 5.11.